The van der Waals surface area contributed by atoms with Crippen molar-refractivity contribution in [1.82, 2.24) is 14.6 Å². The van der Waals surface area contributed by atoms with Gasteiger partial charge in [0.15, 0.2) is 0 Å². The van der Waals surface area contributed by atoms with Crippen LogP contribution < -0.4 is 10.9 Å². The van der Waals surface area contributed by atoms with Gasteiger partial charge in [-0.05, 0) is 30.9 Å². The van der Waals surface area contributed by atoms with Crippen LogP contribution in [-0.4, -0.2) is 32.5 Å². The average molecular weight is 407 g/mol. The van der Waals surface area contributed by atoms with Gasteiger partial charge >= 0.3 is 0 Å². The monoisotopic (exact) mass is 406 g/mol. The number of anilines is 1. The molecule has 3 aromatic rings. The number of aromatic nitrogens is 3. The summed E-state index contributed by atoms with van der Waals surface area (Å²) in [5, 5.41) is 8.00. The minimum Gasteiger partial charge on any atom is -0.325 e. The van der Waals surface area contributed by atoms with E-state index in [2.05, 4.69) is 15.4 Å². The Morgan fingerprint density at radius 1 is 1.35 bits per heavy atom. The highest BCUT2D eigenvalue weighted by Crippen LogP contribution is 2.19. The molecule has 3 rings (SSSR count). The molecule has 2 aromatic heterocycles. The minimum atomic E-state index is -0.181. The van der Waals surface area contributed by atoms with Crippen molar-refractivity contribution in [1.29, 1.82) is 0 Å². The maximum absolute atomic E-state index is 12.1. The van der Waals surface area contributed by atoms with Gasteiger partial charge in [-0.3, -0.25) is 9.59 Å². The van der Waals surface area contributed by atoms with Crippen LogP contribution in [0.15, 0.2) is 40.0 Å². The lowest BCUT2D eigenvalue weighted by Gasteiger charge is -2.06. The number of nitrogens with zero attached hydrogens (tertiary/aromatic N) is 3. The Morgan fingerprint density at radius 3 is 2.96 bits per heavy atom. The summed E-state index contributed by atoms with van der Waals surface area (Å²) >= 11 is 4.48. The minimum absolute atomic E-state index is 0.0721. The molecule has 1 amide bonds. The largest absolute Gasteiger partial charge is 0.325 e. The van der Waals surface area contributed by atoms with Crippen LogP contribution >= 0.6 is 34.9 Å². The van der Waals surface area contributed by atoms with E-state index in [1.807, 2.05) is 37.4 Å². The van der Waals surface area contributed by atoms with Crippen LogP contribution in [0.25, 0.3) is 4.96 Å². The lowest BCUT2D eigenvalue weighted by atomic mass is 10.3. The topological polar surface area (TPSA) is 76.4 Å². The number of hydrogen-bond acceptors (Lipinski definition) is 7. The number of carbonyl (C=O) groups is 1. The molecular formula is C17H18N4O2S3. The van der Waals surface area contributed by atoms with Gasteiger partial charge in [-0.15, -0.1) is 23.5 Å². The Labute approximate surface area is 163 Å². The maximum atomic E-state index is 12.1. The maximum Gasteiger partial charge on any atom is 0.275 e. The molecule has 0 fully saturated rings. The molecule has 0 saturated carbocycles. The summed E-state index contributed by atoms with van der Waals surface area (Å²) in [6.45, 7) is 1.99. The summed E-state index contributed by atoms with van der Waals surface area (Å²) in [6, 6.07) is 9.21. The molecule has 1 N–H and O–H groups in total. The van der Waals surface area contributed by atoms with Gasteiger partial charge in [0.25, 0.3) is 5.56 Å². The fraction of sp³-hybridized carbons (Fsp3) is 0.294. The number of fused-ring (bicyclic) bond motifs is 1. The van der Waals surface area contributed by atoms with E-state index in [1.165, 1.54) is 33.7 Å². The standard InChI is InChI=1S/C17H18N4O2S3/c1-3-15-20-21-16(23)8-12(19-17(21)26-15)9-25-10-14(22)18-11-5-4-6-13(7-11)24-2/h4-8H,3,9-10H2,1-2H3,(H,18,22). The number of amides is 1. The first kappa shape index (κ1) is 18.9. The first-order chi connectivity index (χ1) is 12.6. The highest BCUT2D eigenvalue weighted by molar-refractivity contribution is 7.99. The molecule has 1 aromatic carbocycles. The molecule has 0 atom stereocenters. The van der Waals surface area contributed by atoms with E-state index >= 15 is 0 Å². The molecule has 0 aliphatic rings. The predicted octanol–water partition coefficient (Wildman–Crippen LogP) is 3.31. The fourth-order valence-electron chi connectivity index (χ4n) is 2.26. The van der Waals surface area contributed by atoms with E-state index in [-0.39, 0.29) is 11.5 Å². The van der Waals surface area contributed by atoms with Crippen molar-refractivity contribution in [3.05, 3.63) is 51.4 Å². The zero-order valence-electron chi connectivity index (χ0n) is 14.4. The van der Waals surface area contributed by atoms with Gasteiger partial charge in [0.05, 0.1) is 11.4 Å². The molecule has 6 nitrogen and oxygen atoms in total. The van der Waals surface area contributed by atoms with E-state index in [9.17, 15) is 9.59 Å². The summed E-state index contributed by atoms with van der Waals surface area (Å²) < 4.78 is 1.34. The molecule has 0 saturated heterocycles. The van der Waals surface area contributed by atoms with Crippen molar-refractivity contribution < 1.29 is 4.79 Å². The number of nitrogens with one attached hydrogen (secondary N) is 1. The van der Waals surface area contributed by atoms with Crippen molar-refractivity contribution >= 4 is 51.4 Å². The Bertz CT molecular complexity index is 984. The highest BCUT2D eigenvalue weighted by atomic mass is 32.2. The summed E-state index contributed by atoms with van der Waals surface area (Å²) in [6.07, 6.45) is 2.77. The van der Waals surface area contributed by atoms with Gasteiger partial charge in [-0.25, -0.2) is 4.98 Å². The molecule has 0 aliphatic heterocycles. The predicted molar refractivity (Wildman–Crippen MR) is 110 cm³/mol. The summed E-state index contributed by atoms with van der Waals surface area (Å²) in [4.78, 5) is 30.4. The second kappa shape index (κ2) is 8.70. The van der Waals surface area contributed by atoms with Crippen LogP contribution in [0, 0.1) is 0 Å². The number of benzene rings is 1. The third-order valence-corrected chi connectivity index (χ3v) is 6.22. The molecule has 2 heterocycles. The van der Waals surface area contributed by atoms with E-state index in [1.54, 1.807) is 11.8 Å². The Balaban J connectivity index is 1.58. The first-order valence-corrected chi connectivity index (χ1v) is 11.2. The second-order valence-electron chi connectivity index (χ2n) is 5.40. The third kappa shape index (κ3) is 4.66. The van der Waals surface area contributed by atoms with E-state index in [0.29, 0.717) is 22.2 Å². The number of hydrogen-bond donors (Lipinski definition) is 1. The van der Waals surface area contributed by atoms with Gasteiger partial charge < -0.3 is 5.32 Å². The second-order valence-corrected chi connectivity index (χ2v) is 8.31. The molecule has 136 valence electrons. The lowest BCUT2D eigenvalue weighted by Crippen LogP contribution is -2.16. The smallest absolute Gasteiger partial charge is 0.275 e. The summed E-state index contributed by atoms with van der Waals surface area (Å²) in [5.41, 5.74) is 1.28. The number of thioether (sulfide) groups is 2. The van der Waals surface area contributed by atoms with Crippen molar-refractivity contribution in [3.63, 3.8) is 0 Å². The number of aryl methyl sites for hydroxylation is 1. The molecule has 0 aliphatic carbocycles. The van der Waals surface area contributed by atoms with Crippen molar-refractivity contribution in [2.75, 3.05) is 17.3 Å². The van der Waals surface area contributed by atoms with E-state index in [0.717, 1.165) is 22.0 Å². The Hall–Kier alpha value is -1.84. The molecular weight excluding hydrogens is 388 g/mol. The summed E-state index contributed by atoms with van der Waals surface area (Å²) in [5.74, 6) is 0.730. The number of rotatable bonds is 7. The van der Waals surface area contributed by atoms with Crippen LogP contribution in [0.2, 0.25) is 0 Å². The van der Waals surface area contributed by atoms with Gasteiger partial charge in [-0.2, -0.15) is 9.61 Å². The fourth-order valence-corrected chi connectivity index (χ4v) is 4.29. The quantitative estimate of drug-likeness (QED) is 0.607. The molecule has 0 radical (unpaired) electrons. The normalized spacial score (nSPS) is 11.0. The molecule has 0 bridgehead atoms. The molecule has 26 heavy (non-hydrogen) atoms. The van der Waals surface area contributed by atoms with Crippen molar-refractivity contribution in [3.8, 4) is 0 Å². The van der Waals surface area contributed by atoms with Gasteiger partial charge in [0.1, 0.15) is 5.01 Å². The van der Waals surface area contributed by atoms with Crippen LogP contribution in [0.5, 0.6) is 0 Å². The zero-order chi connectivity index (χ0) is 18.5. The van der Waals surface area contributed by atoms with Gasteiger partial charge in [-0.1, -0.05) is 24.3 Å². The summed E-state index contributed by atoms with van der Waals surface area (Å²) in [7, 11) is 0. The third-order valence-electron chi connectivity index (χ3n) is 3.48. The Morgan fingerprint density at radius 2 is 2.19 bits per heavy atom. The molecule has 0 unspecified atom stereocenters. The number of carbonyl (C=O) groups excluding carboxylic acids is 1. The lowest BCUT2D eigenvalue weighted by molar-refractivity contribution is -0.113. The Kier molecular flexibility index (Phi) is 6.33. The van der Waals surface area contributed by atoms with Gasteiger partial charge in [0, 0.05) is 22.4 Å². The van der Waals surface area contributed by atoms with Crippen molar-refractivity contribution in [2.45, 2.75) is 24.0 Å². The van der Waals surface area contributed by atoms with E-state index in [4.69, 9.17) is 0 Å². The SMILES string of the molecule is CCc1nn2c(=O)cc(CSCC(=O)Nc3cccc(SC)c3)nc2s1. The molecule has 9 heteroatoms. The van der Waals surface area contributed by atoms with Crippen molar-refractivity contribution in [2.24, 2.45) is 0 Å². The van der Waals surface area contributed by atoms with Crippen LogP contribution in [-0.2, 0) is 17.0 Å². The van der Waals surface area contributed by atoms with Crippen LogP contribution in [0.3, 0.4) is 0 Å². The average Bonchev–Trinajstić information content (AvgIpc) is 3.06. The van der Waals surface area contributed by atoms with E-state index < -0.39 is 0 Å². The van der Waals surface area contributed by atoms with Gasteiger partial charge in [0.2, 0.25) is 10.9 Å². The molecule has 0 spiro atoms. The zero-order valence-corrected chi connectivity index (χ0v) is 16.8. The van der Waals surface area contributed by atoms with Crippen LogP contribution in [0.4, 0.5) is 5.69 Å². The first-order valence-electron chi connectivity index (χ1n) is 7.99. The van der Waals surface area contributed by atoms with Crippen LogP contribution in [0.1, 0.15) is 17.6 Å². The highest BCUT2D eigenvalue weighted by Gasteiger charge is 2.09.